The van der Waals surface area contributed by atoms with Crippen LogP contribution in [-0.4, -0.2) is 42.3 Å². The van der Waals surface area contributed by atoms with Gasteiger partial charge in [-0.3, -0.25) is 14.4 Å². The lowest BCUT2D eigenvalue weighted by Crippen LogP contribution is -2.47. The van der Waals surface area contributed by atoms with Gasteiger partial charge in [0.15, 0.2) is 0 Å². The maximum absolute atomic E-state index is 12.3. The molecule has 0 aliphatic carbocycles. The van der Waals surface area contributed by atoms with Gasteiger partial charge < -0.3 is 15.5 Å². The van der Waals surface area contributed by atoms with Gasteiger partial charge >= 0.3 is 0 Å². The third-order valence-corrected chi connectivity index (χ3v) is 4.87. The van der Waals surface area contributed by atoms with Crippen molar-refractivity contribution >= 4 is 39.3 Å². The largest absolute Gasteiger partial charge is 0.347 e. The fourth-order valence-electron chi connectivity index (χ4n) is 2.87. The van der Waals surface area contributed by atoms with Crippen LogP contribution in [0.15, 0.2) is 28.7 Å². The summed E-state index contributed by atoms with van der Waals surface area (Å²) in [6, 6.07) is 7.24. The lowest BCUT2D eigenvalue weighted by Gasteiger charge is -2.35. The molecule has 26 heavy (non-hydrogen) atoms. The van der Waals surface area contributed by atoms with Gasteiger partial charge in [-0.25, -0.2) is 0 Å². The molecule has 0 atom stereocenters. The number of likely N-dealkylation sites (tertiary alicyclic amines) is 1. The summed E-state index contributed by atoms with van der Waals surface area (Å²) in [4.78, 5) is 38.3. The van der Waals surface area contributed by atoms with Crippen LogP contribution in [0.25, 0.3) is 0 Å². The van der Waals surface area contributed by atoms with Crippen LogP contribution >= 0.6 is 15.9 Å². The van der Waals surface area contributed by atoms with E-state index in [4.69, 9.17) is 0 Å². The lowest BCUT2D eigenvalue weighted by molar-refractivity contribution is -0.142. The number of carbonyl (C=O) groups excluding carboxylic acids is 3. The Hall–Kier alpha value is -1.89. The first kappa shape index (κ1) is 20.4. The number of nitrogens with one attached hydrogen (secondary N) is 2. The predicted molar refractivity (Wildman–Crippen MR) is 105 cm³/mol. The van der Waals surface area contributed by atoms with Gasteiger partial charge in [0.1, 0.15) is 0 Å². The van der Waals surface area contributed by atoms with E-state index >= 15 is 0 Å². The van der Waals surface area contributed by atoms with Crippen molar-refractivity contribution in [2.75, 3.05) is 25.0 Å². The SMILES string of the molecule is CC(C)(C)C(=O)N1CCC(C(=O)NCC(=O)Nc2ccc(Br)cc2)CC1. The van der Waals surface area contributed by atoms with Gasteiger partial charge in [0.2, 0.25) is 17.7 Å². The topological polar surface area (TPSA) is 78.5 Å². The van der Waals surface area contributed by atoms with E-state index in [2.05, 4.69) is 26.6 Å². The Kier molecular flexibility index (Phi) is 6.81. The van der Waals surface area contributed by atoms with Gasteiger partial charge in [-0.15, -0.1) is 0 Å². The number of hydrogen-bond donors (Lipinski definition) is 2. The second-order valence-electron chi connectivity index (χ2n) is 7.59. The summed E-state index contributed by atoms with van der Waals surface area (Å²) in [5, 5.41) is 5.43. The zero-order chi connectivity index (χ0) is 19.3. The third kappa shape index (κ3) is 5.83. The van der Waals surface area contributed by atoms with Crippen LogP contribution in [0.3, 0.4) is 0 Å². The van der Waals surface area contributed by atoms with Crippen LogP contribution in [0.5, 0.6) is 0 Å². The number of carbonyl (C=O) groups is 3. The molecule has 2 rings (SSSR count). The third-order valence-electron chi connectivity index (χ3n) is 4.35. The van der Waals surface area contributed by atoms with Crippen LogP contribution in [0.4, 0.5) is 5.69 Å². The maximum Gasteiger partial charge on any atom is 0.243 e. The molecule has 6 nitrogen and oxygen atoms in total. The zero-order valence-corrected chi connectivity index (χ0v) is 17.1. The zero-order valence-electron chi connectivity index (χ0n) is 15.5. The van der Waals surface area contributed by atoms with E-state index in [0.29, 0.717) is 31.6 Å². The summed E-state index contributed by atoms with van der Waals surface area (Å²) in [5.41, 5.74) is 0.279. The molecule has 0 radical (unpaired) electrons. The molecular weight excluding hydrogens is 398 g/mol. The van der Waals surface area contributed by atoms with E-state index in [1.165, 1.54) is 0 Å². The fraction of sp³-hybridized carbons (Fsp3) is 0.526. The van der Waals surface area contributed by atoms with Crippen molar-refractivity contribution in [3.05, 3.63) is 28.7 Å². The molecule has 7 heteroatoms. The van der Waals surface area contributed by atoms with E-state index in [-0.39, 0.29) is 30.2 Å². The Morgan fingerprint density at radius 2 is 1.69 bits per heavy atom. The van der Waals surface area contributed by atoms with Crippen LogP contribution in [0, 0.1) is 11.3 Å². The summed E-state index contributed by atoms with van der Waals surface area (Å²) in [7, 11) is 0. The van der Waals surface area contributed by atoms with Gasteiger partial charge in [0, 0.05) is 34.6 Å². The first-order valence-electron chi connectivity index (χ1n) is 8.79. The van der Waals surface area contributed by atoms with Crippen LogP contribution in [-0.2, 0) is 14.4 Å². The second-order valence-corrected chi connectivity index (χ2v) is 8.51. The Morgan fingerprint density at radius 3 is 2.23 bits per heavy atom. The highest BCUT2D eigenvalue weighted by molar-refractivity contribution is 9.10. The number of nitrogens with zero attached hydrogens (tertiary/aromatic N) is 1. The molecule has 2 N–H and O–H groups in total. The minimum absolute atomic E-state index is 0.0595. The molecule has 0 unspecified atom stereocenters. The van der Waals surface area contributed by atoms with E-state index in [0.717, 1.165) is 4.47 Å². The number of anilines is 1. The summed E-state index contributed by atoms with van der Waals surface area (Å²) in [5.74, 6) is -0.426. The van der Waals surface area contributed by atoms with Gasteiger partial charge in [-0.1, -0.05) is 36.7 Å². The fourth-order valence-corrected chi connectivity index (χ4v) is 3.13. The molecule has 142 valence electrons. The van der Waals surface area contributed by atoms with Crippen LogP contribution in [0.2, 0.25) is 0 Å². The summed E-state index contributed by atoms with van der Waals surface area (Å²) < 4.78 is 0.931. The van der Waals surface area contributed by atoms with E-state index in [1.807, 2.05) is 37.8 Å². The maximum atomic E-state index is 12.3. The van der Waals surface area contributed by atoms with Crippen molar-refractivity contribution in [1.29, 1.82) is 0 Å². The first-order valence-corrected chi connectivity index (χ1v) is 9.58. The second kappa shape index (κ2) is 8.66. The van der Waals surface area contributed by atoms with Gasteiger partial charge in [0.05, 0.1) is 6.54 Å². The molecule has 0 spiro atoms. The predicted octanol–water partition coefficient (Wildman–Crippen LogP) is 2.79. The number of halogens is 1. The Bertz CT molecular complexity index is 660. The first-order chi connectivity index (χ1) is 12.2. The number of benzene rings is 1. The molecule has 1 aromatic carbocycles. The van der Waals surface area contributed by atoms with Crippen LogP contribution < -0.4 is 10.6 Å². The van der Waals surface area contributed by atoms with Crippen molar-refractivity contribution in [3.8, 4) is 0 Å². The quantitative estimate of drug-likeness (QED) is 0.781. The molecule has 1 aromatic rings. The average Bonchev–Trinajstić information content (AvgIpc) is 2.60. The molecule has 1 saturated heterocycles. The Balaban J connectivity index is 1.74. The number of rotatable bonds is 4. The molecule has 0 aromatic heterocycles. The highest BCUT2D eigenvalue weighted by atomic mass is 79.9. The van der Waals surface area contributed by atoms with Gasteiger partial charge in [0.25, 0.3) is 0 Å². The van der Waals surface area contributed by atoms with Crippen molar-refractivity contribution in [3.63, 3.8) is 0 Å². The summed E-state index contributed by atoms with van der Waals surface area (Å²) in [6.07, 6.45) is 1.25. The highest BCUT2D eigenvalue weighted by Crippen LogP contribution is 2.23. The Labute approximate surface area is 162 Å². The molecule has 1 fully saturated rings. The normalized spacial score (nSPS) is 15.5. The number of hydrogen-bond acceptors (Lipinski definition) is 3. The lowest BCUT2D eigenvalue weighted by atomic mass is 9.90. The molecule has 1 aliphatic rings. The smallest absolute Gasteiger partial charge is 0.243 e. The number of piperidine rings is 1. The van der Waals surface area contributed by atoms with Crippen molar-refractivity contribution in [1.82, 2.24) is 10.2 Å². The molecule has 1 heterocycles. The van der Waals surface area contributed by atoms with Gasteiger partial charge in [-0.2, -0.15) is 0 Å². The van der Waals surface area contributed by atoms with E-state index in [1.54, 1.807) is 12.1 Å². The highest BCUT2D eigenvalue weighted by Gasteiger charge is 2.32. The Morgan fingerprint density at radius 1 is 1.12 bits per heavy atom. The molecule has 0 saturated carbocycles. The van der Waals surface area contributed by atoms with E-state index < -0.39 is 5.41 Å². The monoisotopic (exact) mass is 423 g/mol. The number of amides is 3. The van der Waals surface area contributed by atoms with Gasteiger partial charge in [-0.05, 0) is 37.1 Å². The van der Waals surface area contributed by atoms with Crippen molar-refractivity contribution in [2.24, 2.45) is 11.3 Å². The molecule has 1 aliphatic heterocycles. The summed E-state index contributed by atoms with van der Waals surface area (Å²) in [6.45, 7) is 6.81. The minimum atomic E-state index is -0.403. The molecular formula is C19H26BrN3O3. The molecule has 3 amide bonds. The van der Waals surface area contributed by atoms with E-state index in [9.17, 15) is 14.4 Å². The average molecular weight is 424 g/mol. The van der Waals surface area contributed by atoms with Crippen LogP contribution in [0.1, 0.15) is 33.6 Å². The van der Waals surface area contributed by atoms with Crippen molar-refractivity contribution in [2.45, 2.75) is 33.6 Å². The summed E-state index contributed by atoms with van der Waals surface area (Å²) >= 11 is 3.34. The standard InChI is InChI=1S/C19H26BrN3O3/c1-19(2,3)18(26)23-10-8-13(9-11-23)17(25)21-12-16(24)22-15-6-4-14(20)5-7-15/h4-7,13H,8-12H2,1-3H3,(H,21,25)(H,22,24). The van der Waals surface area contributed by atoms with Crippen molar-refractivity contribution < 1.29 is 14.4 Å². The minimum Gasteiger partial charge on any atom is -0.347 e. The molecule has 0 bridgehead atoms.